The summed E-state index contributed by atoms with van der Waals surface area (Å²) >= 11 is 0. The monoisotopic (exact) mass is 419 g/mol. The Labute approximate surface area is 174 Å². The van der Waals surface area contributed by atoms with Crippen molar-refractivity contribution in [3.8, 4) is 0 Å². The first-order valence-electron chi connectivity index (χ1n) is 9.80. The normalized spacial score (nSPS) is 18.3. The molecule has 1 aliphatic rings. The number of nitrogens with zero attached hydrogens (tertiary/aromatic N) is 3. The first-order chi connectivity index (χ1) is 14.4. The van der Waals surface area contributed by atoms with Gasteiger partial charge in [0, 0.05) is 44.2 Å². The smallest absolute Gasteiger partial charge is 0.290 e. The zero-order valence-electron chi connectivity index (χ0n) is 17.2. The quantitative estimate of drug-likeness (QED) is 0.379. The molecule has 164 valence electrons. The van der Waals surface area contributed by atoms with Gasteiger partial charge in [0.2, 0.25) is 5.91 Å². The lowest BCUT2D eigenvalue weighted by Crippen LogP contribution is -2.42. The van der Waals surface area contributed by atoms with Gasteiger partial charge in [-0.2, -0.15) is 5.10 Å². The second-order valence-corrected chi connectivity index (χ2v) is 7.09. The van der Waals surface area contributed by atoms with E-state index >= 15 is 0 Å². The zero-order valence-corrected chi connectivity index (χ0v) is 17.2. The van der Waals surface area contributed by atoms with Crippen LogP contribution in [0.4, 0.5) is 0 Å². The highest BCUT2D eigenvalue weighted by Crippen LogP contribution is 2.24. The van der Waals surface area contributed by atoms with Gasteiger partial charge in [-0.05, 0) is 38.9 Å². The molecule has 2 aromatic heterocycles. The maximum Gasteiger partial charge on any atom is 0.290 e. The highest BCUT2D eigenvalue weighted by Gasteiger charge is 2.31. The highest BCUT2D eigenvalue weighted by atomic mass is 16.3. The van der Waals surface area contributed by atoms with Crippen molar-refractivity contribution < 1.29 is 19.5 Å². The number of nitrogens with one attached hydrogen (secondary N) is 4. The maximum atomic E-state index is 12.2. The molecule has 3 rings (SSSR count). The lowest BCUT2D eigenvalue weighted by molar-refractivity contribution is -0.123. The molecule has 0 aromatic carbocycles. The van der Waals surface area contributed by atoms with Gasteiger partial charge in [-0.25, -0.2) is 4.98 Å². The third kappa shape index (κ3) is 6.99. The van der Waals surface area contributed by atoms with Crippen molar-refractivity contribution >= 4 is 18.3 Å². The Morgan fingerprint density at radius 3 is 2.70 bits per heavy atom. The third-order valence-electron chi connectivity index (χ3n) is 5.06. The molecule has 0 saturated carbocycles. The number of hydrogen-bond acceptors (Lipinski definition) is 6. The number of rotatable bonds is 8. The molecule has 1 fully saturated rings. The number of aryl methyl sites for hydroxylation is 1. The maximum absolute atomic E-state index is 12.2. The van der Waals surface area contributed by atoms with E-state index in [1.807, 2.05) is 14.0 Å². The minimum atomic E-state index is -0.250. The molecule has 0 radical (unpaired) electrons. The molecule has 11 heteroatoms. The Bertz CT molecular complexity index is 806. The molecule has 2 amide bonds. The second-order valence-electron chi connectivity index (χ2n) is 7.09. The molecule has 0 aliphatic carbocycles. The summed E-state index contributed by atoms with van der Waals surface area (Å²) in [5.74, 6) is 1.42. The lowest BCUT2D eigenvalue weighted by Gasteiger charge is -2.25. The van der Waals surface area contributed by atoms with Crippen LogP contribution in [-0.4, -0.2) is 80.7 Å². The van der Waals surface area contributed by atoms with E-state index in [9.17, 15) is 9.59 Å². The molecular weight excluding hydrogens is 390 g/mol. The van der Waals surface area contributed by atoms with Gasteiger partial charge in [-0.3, -0.25) is 24.4 Å². The number of likely N-dealkylation sites (tertiary alicyclic amines) is 1. The molecule has 11 nitrogen and oxygen atoms in total. The number of carboxylic acid groups (broad SMARTS) is 1. The first kappa shape index (κ1) is 23.1. The van der Waals surface area contributed by atoms with Gasteiger partial charge in [0.15, 0.2) is 5.82 Å². The number of carbonyl (C=O) groups is 3. The van der Waals surface area contributed by atoms with Crippen LogP contribution in [0, 0.1) is 6.92 Å². The van der Waals surface area contributed by atoms with Crippen molar-refractivity contribution in [3.05, 3.63) is 35.7 Å². The van der Waals surface area contributed by atoms with Crippen LogP contribution >= 0.6 is 0 Å². The van der Waals surface area contributed by atoms with Crippen LogP contribution in [0.3, 0.4) is 0 Å². The van der Waals surface area contributed by atoms with Crippen molar-refractivity contribution in [3.63, 3.8) is 0 Å². The van der Waals surface area contributed by atoms with Crippen LogP contribution < -0.4 is 10.6 Å². The molecule has 0 spiro atoms. The standard InChI is InChI=1S/C18H27N7O2.CH2O2/c1-12-22-16(24-23-12)7-9-20-17(26)10-13-5-6-14(25(13)2)11-21-18(27)15-4-3-8-19-15;2-1-3/h3-4,8,13-14,19H,5-7,9-11H2,1-2H3,(H,20,26)(H,21,27)(H,22,23,24);1H,(H,2,3)/t13-,14+;/m1./s1. The van der Waals surface area contributed by atoms with Crippen LogP contribution in [0.1, 0.15) is 41.4 Å². The molecule has 1 saturated heterocycles. The van der Waals surface area contributed by atoms with Gasteiger partial charge >= 0.3 is 0 Å². The van der Waals surface area contributed by atoms with Crippen molar-refractivity contribution in [2.45, 2.75) is 44.7 Å². The molecule has 1 aliphatic heterocycles. The number of likely N-dealkylation sites (N-methyl/N-ethyl adjacent to an activating group) is 1. The van der Waals surface area contributed by atoms with E-state index < -0.39 is 0 Å². The van der Waals surface area contributed by atoms with E-state index in [0.717, 1.165) is 18.7 Å². The fraction of sp³-hybridized carbons (Fsp3) is 0.526. The van der Waals surface area contributed by atoms with E-state index in [0.29, 0.717) is 37.4 Å². The number of aromatic nitrogens is 4. The summed E-state index contributed by atoms with van der Waals surface area (Å²) in [6.07, 6.45) is 4.73. The van der Waals surface area contributed by atoms with Crippen LogP contribution in [0.2, 0.25) is 0 Å². The van der Waals surface area contributed by atoms with E-state index in [2.05, 4.69) is 35.7 Å². The topological polar surface area (TPSA) is 156 Å². The van der Waals surface area contributed by atoms with Gasteiger partial charge in [-0.1, -0.05) is 0 Å². The Kier molecular flexibility index (Phi) is 9.01. The summed E-state index contributed by atoms with van der Waals surface area (Å²) in [6, 6.07) is 4.00. The first-order valence-corrected chi connectivity index (χ1v) is 9.80. The molecule has 0 bridgehead atoms. The molecule has 2 atom stereocenters. The number of hydrogen-bond donors (Lipinski definition) is 5. The molecule has 3 heterocycles. The lowest BCUT2D eigenvalue weighted by atomic mass is 10.1. The predicted octanol–water partition coefficient (Wildman–Crippen LogP) is 0.0836. The molecule has 30 heavy (non-hydrogen) atoms. The largest absolute Gasteiger partial charge is 0.483 e. The molecule has 0 unspecified atom stereocenters. The minimum absolute atomic E-state index is 0.0372. The number of amides is 2. The van der Waals surface area contributed by atoms with E-state index in [4.69, 9.17) is 9.90 Å². The van der Waals surface area contributed by atoms with E-state index in [-0.39, 0.29) is 30.4 Å². The Hall–Kier alpha value is -3.21. The minimum Gasteiger partial charge on any atom is -0.483 e. The van der Waals surface area contributed by atoms with Crippen LogP contribution in [0.5, 0.6) is 0 Å². The van der Waals surface area contributed by atoms with Crippen molar-refractivity contribution in [2.24, 2.45) is 0 Å². The van der Waals surface area contributed by atoms with Crippen molar-refractivity contribution in [1.82, 2.24) is 35.7 Å². The van der Waals surface area contributed by atoms with Crippen LogP contribution in [-0.2, 0) is 16.0 Å². The van der Waals surface area contributed by atoms with Gasteiger partial charge < -0.3 is 20.7 Å². The fourth-order valence-corrected chi connectivity index (χ4v) is 3.46. The summed E-state index contributed by atoms with van der Waals surface area (Å²) in [4.78, 5) is 41.9. The Morgan fingerprint density at radius 2 is 2.07 bits per heavy atom. The zero-order chi connectivity index (χ0) is 21.9. The van der Waals surface area contributed by atoms with E-state index in [1.54, 1.807) is 18.3 Å². The number of carbonyl (C=O) groups excluding carboxylic acids is 2. The molecule has 2 aromatic rings. The average molecular weight is 419 g/mol. The third-order valence-corrected chi connectivity index (χ3v) is 5.06. The van der Waals surface area contributed by atoms with Crippen LogP contribution in [0.15, 0.2) is 18.3 Å². The Morgan fingerprint density at radius 1 is 1.33 bits per heavy atom. The van der Waals surface area contributed by atoms with Gasteiger partial charge in [0.1, 0.15) is 11.5 Å². The number of H-pyrrole nitrogens is 2. The van der Waals surface area contributed by atoms with Crippen molar-refractivity contribution in [1.29, 1.82) is 0 Å². The Balaban J connectivity index is 0.00000101. The predicted molar refractivity (Wildman–Crippen MR) is 109 cm³/mol. The molecular formula is C19H29N7O4. The van der Waals surface area contributed by atoms with E-state index in [1.165, 1.54) is 0 Å². The summed E-state index contributed by atoms with van der Waals surface area (Å²) in [5, 5.41) is 19.6. The summed E-state index contributed by atoms with van der Waals surface area (Å²) in [6.45, 7) is 2.71. The summed E-state index contributed by atoms with van der Waals surface area (Å²) in [7, 11) is 2.02. The van der Waals surface area contributed by atoms with Gasteiger partial charge in [0.25, 0.3) is 12.4 Å². The summed E-state index contributed by atoms with van der Waals surface area (Å²) < 4.78 is 0. The SMILES string of the molecule is Cc1nc(CCNC(=O)C[C@H]2CC[C@@H](CNC(=O)c3ccc[nH]3)N2C)n[nH]1.O=CO. The fourth-order valence-electron chi connectivity index (χ4n) is 3.46. The second kappa shape index (κ2) is 11.7. The molecule has 5 N–H and O–H groups in total. The van der Waals surface area contributed by atoms with Gasteiger partial charge in [0.05, 0.1) is 0 Å². The highest BCUT2D eigenvalue weighted by molar-refractivity contribution is 5.92. The van der Waals surface area contributed by atoms with Crippen molar-refractivity contribution in [2.75, 3.05) is 20.1 Å². The van der Waals surface area contributed by atoms with Gasteiger partial charge in [-0.15, -0.1) is 0 Å². The number of aromatic amines is 2. The van der Waals surface area contributed by atoms with Crippen LogP contribution in [0.25, 0.3) is 0 Å². The average Bonchev–Trinajstić information content (AvgIpc) is 3.45. The summed E-state index contributed by atoms with van der Waals surface area (Å²) in [5.41, 5.74) is 0.563.